The molecule has 1 aliphatic heterocycles. The molecule has 3 aromatic rings. The van der Waals surface area contributed by atoms with Gasteiger partial charge in [0.05, 0.1) is 11.0 Å². The standard InChI is InChI=1S/C20H19N5O2/c1-12-2-7-15-17(10-12)23-18(22-15)11-13-3-5-14(6-4-13)21-20(27)16-8-9-19(26)25-24-16/h2-7,10H,8-9,11H2,1H3,(H,21,27)(H,22,23)(H,25,26). The van der Waals surface area contributed by atoms with Gasteiger partial charge >= 0.3 is 0 Å². The van der Waals surface area contributed by atoms with Crippen LogP contribution in [0, 0.1) is 6.92 Å². The number of aryl methyl sites for hydroxylation is 1. The number of aromatic nitrogens is 2. The van der Waals surface area contributed by atoms with Gasteiger partial charge in [0.25, 0.3) is 5.91 Å². The van der Waals surface area contributed by atoms with Crippen molar-refractivity contribution < 1.29 is 9.59 Å². The van der Waals surface area contributed by atoms with E-state index in [9.17, 15) is 9.59 Å². The Morgan fingerprint density at radius 3 is 2.70 bits per heavy atom. The summed E-state index contributed by atoms with van der Waals surface area (Å²) in [6, 6.07) is 13.8. The van der Waals surface area contributed by atoms with Crippen LogP contribution in [0.5, 0.6) is 0 Å². The molecule has 27 heavy (non-hydrogen) atoms. The Labute approximate surface area is 155 Å². The molecule has 0 saturated carbocycles. The number of aromatic amines is 1. The van der Waals surface area contributed by atoms with E-state index in [0.29, 0.717) is 24.2 Å². The molecule has 1 aromatic heterocycles. The molecule has 0 spiro atoms. The van der Waals surface area contributed by atoms with Gasteiger partial charge in [0.1, 0.15) is 11.5 Å². The summed E-state index contributed by atoms with van der Waals surface area (Å²) in [6.07, 6.45) is 1.31. The van der Waals surface area contributed by atoms with Crippen LogP contribution in [0.25, 0.3) is 11.0 Å². The van der Waals surface area contributed by atoms with Crippen LogP contribution in [0.3, 0.4) is 0 Å². The van der Waals surface area contributed by atoms with Gasteiger partial charge in [0.2, 0.25) is 5.91 Å². The number of carbonyl (C=O) groups is 2. The van der Waals surface area contributed by atoms with E-state index in [1.54, 1.807) is 0 Å². The lowest BCUT2D eigenvalue weighted by Crippen LogP contribution is -2.32. The number of hydrazone groups is 1. The first-order chi connectivity index (χ1) is 13.1. The molecule has 2 amide bonds. The SMILES string of the molecule is Cc1ccc2nc(Cc3ccc(NC(=O)C4=NNC(=O)CC4)cc3)[nH]c2c1. The molecule has 7 nitrogen and oxygen atoms in total. The van der Waals surface area contributed by atoms with Crippen molar-refractivity contribution in [2.45, 2.75) is 26.2 Å². The van der Waals surface area contributed by atoms with E-state index in [4.69, 9.17) is 0 Å². The summed E-state index contributed by atoms with van der Waals surface area (Å²) in [7, 11) is 0. The van der Waals surface area contributed by atoms with Crippen LogP contribution in [0.1, 0.15) is 29.8 Å². The van der Waals surface area contributed by atoms with Crippen molar-refractivity contribution in [2.24, 2.45) is 5.10 Å². The minimum Gasteiger partial charge on any atom is -0.342 e. The number of fused-ring (bicyclic) bond motifs is 1. The zero-order valence-electron chi connectivity index (χ0n) is 14.9. The quantitative estimate of drug-likeness (QED) is 0.666. The molecular formula is C20H19N5O2. The lowest BCUT2D eigenvalue weighted by molar-refractivity contribution is -0.121. The Kier molecular flexibility index (Phi) is 4.42. The fraction of sp³-hybridized carbons (Fsp3) is 0.200. The van der Waals surface area contributed by atoms with Crippen LogP contribution < -0.4 is 10.7 Å². The third-order valence-corrected chi connectivity index (χ3v) is 4.44. The molecule has 4 rings (SSSR count). The lowest BCUT2D eigenvalue weighted by atomic mass is 10.1. The zero-order valence-corrected chi connectivity index (χ0v) is 14.9. The van der Waals surface area contributed by atoms with Crippen molar-refractivity contribution in [2.75, 3.05) is 5.32 Å². The largest absolute Gasteiger partial charge is 0.342 e. The summed E-state index contributed by atoms with van der Waals surface area (Å²) in [5, 5.41) is 6.60. The first-order valence-corrected chi connectivity index (χ1v) is 8.78. The van der Waals surface area contributed by atoms with Crippen molar-refractivity contribution in [3.63, 3.8) is 0 Å². The molecule has 1 aliphatic rings. The van der Waals surface area contributed by atoms with Crippen molar-refractivity contribution in [1.82, 2.24) is 15.4 Å². The maximum atomic E-state index is 12.2. The normalized spacial score (nSPS) is 14.0. The molecule has 0 radical (unpaired) electrons. The average Bonchev–Trinajstić information content (AvgIpc) is 3.05. The number of carbonyl (C=O) groups excluding carboxylic acids is 2. The molecule has 0 unspecified atom stereocenters. The summed E-state index contributed by atoms with van der Waals surface area (Å²) < 4.78 is 0. The molecule has 3 N–H and O–H groups in total. The number of imidazole rings is 1. The first-order valence-electron chi connectivity index (χ1n) is 8.78. The van der Waals surface area contributed by atoms with Crippen molar-refractivity contribution in [1.29, 1.82) is 0 Å². The minimum atomic E-state index is -0.296. The van der Waals surface area contributed by atoms with Crippen LogP contribution in [-0.2, 0) is 16.0 Å². The van der Waals surface area contributed by atoms with Crippen LogP contribution in [0.15, 0.2) is 47.6 Å². The molecule has 136 valence electrons. The van der Waals surface area contributed by atoms with Crippen LogP contribution >= 0.6 is 0 Å². The monoisotopic (exact) mass is 361 g/mol. The first kappa shape index (κ1) is 17.0. The van der Waals surface area contributed by atoms with Gasteiger partial charge < -0.3 is 10.3 Å². The Hall–Kier alpha value is -3.48. The number of nitrogens with zero attached hydrogens (tertiary/aromatic N) is 2. The molecule has 0 saturated heterocycles. The van der Waals surface area contributed by atoms with E-state index in [-0.39, 0.29) is 18.2 Å². The summed E-state index contributed by atoms with van der Waals surface area (Å²) >= 11 is 0. The lowest BCUT2D eigenvalue weighted by Gasteiger charge is -2.12. The highest BCUT2D eigenvalue weighted by atomic mass is 16.2. The number of hydrogen-bond donors (Lipinski definition) is 3. The Morgan fingerprint density at radius 2 is 1.96 bits per heavy atom. The average molecular weight is 361 g/mol. The molecule has 0 bridgehead atoms. The molecule has 0 aliphatic carbocycles. The molecule has 0 fully saturated rings. The molecule has 2 heterocycles. The van der Waals surface area contributed by atoms with Gasteiger partial charge in [-0.05, 0) is 42.3 Å². The van der Waals surface area contributed by atoms with Gasteiger partial charge in [-0.3, -0.25) is 9.59 Å². The van der Waals surface area contributed by atoms with Gasteiger partial charge in [-0.2, -0.15) is 5.10 Å². The maximum absolute atomic E-state index is 12.2. The van der Waals surface area contributed by atoms with Gasteiger partial charge in [-0.25, -0.2) is 10.4 Å². The zero-order chi connectivity index (χ0) is 18.8. The predicted molar refractivity (Wildman–Crippen MR) is 104 cm³/mol. The molecule has 2 aromatic carbocycles. The van der Waals surface area contributed by atoms with Crippen molar-refractivity contribution in [3.05, 3.63) is 59.4 Å². The van der Waals surface area contributed by atoms with Gasteiger partial charge in [-0.1, -0.05) is 18.2 Å². The van der Waals surface area contributed by atoms with E-state index in [2.05, 4.69) is 38.8 Å². The fourth-order valence-electron chi connectivity index (χ4n) is 3.00. The van der Waals surface area contributed by atoms with E-state index >= 15 is 0 Å². The Balaban J connectivity index is 1.42. The number of anilines is 1. The third kappa shape index (κ3) is 3.87. The number of nitrogens with one attached hydrogen (secondary N) is 3. The minimum absolute atomic E-state index is 0.170. The number of amides is 2. The highest BCUT2D eigenvalue weighted by molar-refractivity contribution is 6.43. The highest BCUT2D eigenvalue weighted by Gasteiger charge is 2.18. The van der Waals surface area contributed by atoms with E-state index in [0.717, 1.165) is 22.4 Å². The van der Waals surface area contributed by atoms with Crippen molar-refractivity contribution in [3.8, 4) is 0 Å². The number of benzene rings is 2. The molecule has 0 atom stereocenters. The number of H-pyrrole nitrogens is 1. The van der Waals surface area contributed by atoms with E-state index in [1.165, 1.54) is 5.56 Å². The molecular weight excluding hydrogens is 342 g/mol. The molecule has 7 heteroatoms. The fourth-order valence-corrected chi connectivity index (χ4v) is 3.00. The summed E-state index contributed by atoms with van der Waals surface area (Å²) in [6.45, 7) is 2.06. The summed E-state index contributed by atoms with van der Waals surface area (Å²) in [5.41, 5.74) is 7.62. The third-order valence-electron chi connectivity index (χ3n) is 4.44. The second kappa shape index (κ2) is 7.03. The van der Waals surface area contributed by atoms with Crippen LogP contribution in [-0.4, -0.2) is 27.5 Å². The van der Waals surface area contributed by atoms with E-state index < -0.39 is 0 Å². The maximum Gasteiger partial charge on any atom is 0.271 e. The van der Waals surface area contributed by atoms with Gasteiger partial charge in [0, 0.05) is 24.9 Å². The van der Waals surface area contributed by atoms with E-state index in [1.807, 2.05) is 36.4 Å². The second-order valence-corrected chi connectivity index (χ2v) is 6.63. The summed E-state index contributed by atoms with van der Waals surface area (Å²) in [4.78, 5) is 31.2. The number of rotatable bonds is 4. The van der Waals surface area contributed by atoms with Crippen LogP contribution in [0.4, 0.5) is 5.69 Å². The summed E-state index contributed by atoms with van der Waals surface area (Å²) in [5.74, 6) is 0.437. The Bertz CT molecular complexity index is 1050. The van der Waals surface area contributed by atoms with Gasteiger partial charge in [-0.15, -0.1) is 0 Å². The number of hydrogen-bond acceptors (Lipinski definition) is 4. The topological polar surface area (TPSA) is 99.2 Å². The van der Waals surface area contributed by atoms with Crippen molar-refractivity contribution >= 4 is 34.2 Å². The Morgan fingerprint density at radius 1 is 1.15 bits per heavy atom. The smallest absolute Gasteiger partial charge is 0.271 e. The predicted octanol–water partition coefficient (Wildman–Crippen LogP) is 2.67. The highest BCUT2D eigenvalue weighted by Crippen LogP contribution is 2.17. The van der Waals surface area contributed by atoms with Gasteiger partial charge in [0.15, 0.2) is 0 Å². The second-order valence-electron chi connectivity index (χ2n) is 6.63. The van der Waals surface area contributed by atoms with Crippen LogP contribution in [0.2, 0.25) is 0 Å².